The summed E-state index contributed by atoms with van der Waals surface area (Å²) in [5.74, 6) is 5.14. The van der Waals surface area contributed by atoms with Crippen LogP contribution in [0.2, 0.25) is 5.02 Å². The van der Waals surface area contributed by atoms with E-state index in [0.717, 1.165) is 0 Å². The topological polar surface area (TPSA) is 69.2 Å². The standard InChI is InChI=1S/C9H7ClN2O2/c10-8-3-4-9(12(13)14)7(6-8)2-1-5-11/h3-4,6H,5,11H2. The van der Waals surface area contributed by atoms with Gasteiger partial charge < -0.3 is 5.73 Å². The molecule has 2 N–H and O–H groups in total. The molecule has 0 heterocycles. The van der Waals surface area contributed by atoms with Gasteiger partial charge in [0, 0.05) is 11.1 Å². The van der Waals surface area contributed by atoms with E-state index >= 15 is 0 Å². The molecule has 72 valence electrons. The minimum Gasteiger partial charge on any atom is -0.320 e. The quantitative estimate of drug-likeness (QED) is 0.435. The van der Waals surface area contributed by atoms with Crippen molar-refractivity contribution in [1.82, 2.24) is 0 Å². The number of nitro benzene ring substituents is 1. The number of benzene rings is 1. The highest BCUT2D eigenvalue weighted by molar-refractivity contribution is 6.30. The van der Waals surface area contributed by atoms with Crippen molar-refractivity contribution in [2.75, 3.05) is 6.54 Å². The summed E-state index contributed by atoms with van der Waals surface area (Å²) in [7, 11) is 0. The van der Waals surface area contributed by atoms with Gasteiger partial charge in [0.05, 0.1) is 11.5 Å². The molecule has 0 aromatic heterocycles. The van der Waals surface area contributed by atoms with Crippen LogP contribution >= 0.6 is 11.6 Å². The maximum atomic E-state index is 10.6. The molecule has 0 atom stereocenters. The van der Waals surface area contributed by atoms with Gasteiger partial charge in [0.1, 0.15) is 5.56 Å². The number of rotatable bonds is 1. The van der Waals surface area contributed by atoms with Crippen LogP contribution in [-0.2, 0) is 0 Å². The predicted molar refractivity (Wildman–Crippen MR) is 54.0 cm³/mol. The lowest BCUT2D eigenvalue weighted by atomic mass is 10.2. The van der Waals surface area contributed by atoms with E-state index in [4.69, 9.17) is 17.3 Å². The molecule has 0 aliphatic rings. The van der Waals surface area contributed by atoms with Crippen molar-refractivity contribution in [1.29, 1.82) is 0 Å². The first kappa shape index (κ1) is 10.5. The van der Waals surface area contributed by atoms with E-state index < -0.39 is 4.92 Å². The van der Waals surface area contributed by atoms with Crippen molar-refractivity contribution in [2.24, 2.45) is 5.73 Å². The van der Waals surface area contributed by atoms with Crippen molar-refractivity contribution in [3.8, 4) is 11.8 Å². The summed E-state index contributed by atoms with van der Waals surface area (Å²) < 4.78 is 0. The molecule has 14 heavy (non-hydrogen) atoms. The third-order valence-corrected chi connectivity index (χ3v) is 1.72. The molecule has 5 heteroatoms. The Morgan fingerprint density at radius 1 is 1.57 bits per heavy atom. The average Bonchev–Trinajstić information content (AvgIpc) is 2.14. The van der Waals surface area contributed by atoms with Crippen LogP contribution in [0.3, 0.4) is 0 Å². The van der Waals surface area contributed by atoms with E-state index in [9.17, 15) is 10.1 Å². The molecule has 0 aliphatic carbocycles. The maximum Gasteiger partial charge on any atom is 0.285 e. The summed E-state index contributed by atoms with van der Waals surface area (Å²) in [5.41, 5.74) is 5.39. The molecule has 1 rings (SSSR count). The summed E-state index contributed by atoms with van der Waals surface area (Å²) in [6.45, 7) is 0.156. The fourth-order valence-corrected chi connectivity index (χ4v) is 1.09. The molecule has 4 nitrogen and oxygen atoms in total. The smallest absolute Gasteiger partial charge is 0.285 e. The zero-order valence-electron chi connectivity index (χ0n) is 7.16. The Morgan fingerprint density at radius 2 is 2.29 bits per heavy atom. The molecule has 1 aromatic rings. The van der Waals surface area contributed by atoms with Crippen molar-refractivity contribution in [3.05, 3.63) is 38.9 Å². The molecule has 1 aromatic carbocycles. The second-order valence-electron chi connectivity index (χ2n) is 2.42. The fraction of sp³-hybridized carbons (Fsp3) is 0.111. The first-order chi connectivity index (χ1) is 6.65. The molecule has 0 radical (unpaired) electrons. The Labute approximate surface area is 85.8 Å². The van der Waals surface area contributed by atoms with Crippen molar-refractivity contribution in [3.63, 3.8) is 0 Å². The molecule has 0 amide bonds. The van der Waals surface area contributed by atoms with Crippen LogP contribution < -0.4 is 5.73 Å². The van der Waals surface area contributed by atoms with Crippen molar-refractivity contribution >= 4 is 17.3 Å². The van der Waals surface area contributed by atoms with Crippen LogP contribution in [0.15, 0.2) is 18.2 Å². The molecule has 0 spiro atoms. The van der Waals surface area contributed by atoms with E-state index in [1.807, 2.05) is 0 Å². The van der Waals surface area contributed by atoms with Gasteiger partial charge in [0.2, 0.25) is 0 Å². The molecule has 0 saturated carbocycles. The second kappa shape index (κ2) is 4.61. The fourth-order valence-electron chi connectivity index (χ4n) is 0.914. The van der Waals surface area contributed by atoms with E-state index in [1.165, 1.54) is 18.2 Å². The van der Waals surface area contributed by atoms with E-state index in [-0.39, 0.29) is 17.8 Å². The lowest BCUT2D eigenvalue weighted by Gasteiger charge is -1.95. The Balaban J connectivity index is 3.22. The number of hydrogen-bond donors (Lipinski definition) is 1. The average molecular weight is 211 g/mol. The van der Waals surface area contributed by atoms with Crippen LogP contribution in [0.1, 0.15) is 5.56 Å². The molecule has 0 saturated heterocycles. The summed E-state index contributed by atoms with van der Waals surface area (Å²) in [6, 6.07) is 4.22. The monoisotopic (exact) mass is 210 g/mol. The Morgan fingerprint density at radius 3 is 2.86 bits per heavy atom. The van der Waals surface area contributed by atoms with Crippen molar-refractivity contribution in [2.45, 2.75) is 0 Å². The van der Waals surface area contributed by atoms with Gasteiger partial charge in [-0.3, -0.25) is 10.1 Å². The van der Waals surface area contributed by atoms with Crippen LogP contribution in [0, 0.1) is 22.0 Å². The van der Waals surface area contributed by atoms with Gasteiger partial charge in [0.25, 0.3) is 5.69 Å². The summed E-state index contributed by atoms with van der Waals surface area (Å²) in [6.07, 6.45) is 0. The van der Waals surface area contributed by atoms with Gasteiger partial charge in [-0.05, 0) is 12.1 Å². The third kappa shape index (κ3) is 2.46. The highest BCUT2D eigenvalue weighted by Crippen LogP contribution is 2.21. The van der Waals surface area contributed by atoms with Gasteiger partial charge in [-0.25, -0.2) is 0 Å². The van der Waals surface area contributed by atoms with E-state index in [0.29, 0.717) is 5.02 Å². The highest BCUT2D eigenvalue weighted by Gasteiger charge is 2.11. The Hall–Kier alpha value is -1.57. The Bertz CT molecular complexity index is 421. The zero-order chi connectivity index (χ0) is 10.6. The van der Waals surface area contributed by atoms with E-state index in [2.05, 4.69) is 11.8 Å². The lowest BCUT2D eigenvalue weighted by Crippen LogP contribution is -1.95. The molecule has 0 aliphatic heterocycles. The number of nitrogens with zero attached hydrogens (tertiary/aromatic N) is 1. The number of halogens is 1. The van der Waals surface area contributed by atoms with E-state index in [1.54, 1.807) is 0 Å². The van der Waals surface area contributed by atoms with Gasteiger partial charge in [-0.2, -0.15) is 0 Å². The summed E-state index contributed by atoms with van der Waals surface area (Å²) >= 11 is 5.68. The first-order valence-corrected chi connectivity index (χ1v) is 4.16. The number of nitro groups is 1. The number of nitrogens with two attached hydrogens (primary N) is 1. The molecule has 0 bridgehead atoms. The van der Waals surface area contributed by atoms with Crippen LogP contribution in [0.5, 0.6) is 0 Å². The molecule has 0 unspecified atom stereocenters. The van der Waals surface area contributed by atoms with Crippen LogP contribution in [0.4, 0.5) is 5.69 Å². The zero-order valence-corrected chi connectivity index (χ0v) is 7.91. The summed E-state index contributed by atoms with van der Waals surface area (Å²) in [5, 5.41) is 11.0. The lowest BCUT2D eigenvalue weighted by molar-refractivity contribution is -0.385. The SMILES string of the molecule is NCC#Cc1cc(Cl)ccc1[N+](=O)[O-]. The van der Waals surface area contributed by atoms with Gasteiger partial charge in [0.15, 0.2) is 0 Å². The molecule has 0 fully saturated rings. The van der Waals surface area contributed by atoms with Gasteiger partial charge in [-0.1, -0.05) is 23.4 Å². The maximum absolute atomic E-state index is 10.6. The molecular weight excluding hydrogens is 204 g/mol. The van der Waals surface area contributed by atoms with Crippen LogP contribution in [0.25, 0.3) is 0 Å². The largest absolute Gasteiger partial charge is 0.320 e. The predicted octanol–water partition coefficient (Wildman–Crippen LogP) is 1.56. The molecular formula is C9H7ClN2O2. The second-order valence-corrected chi connectivity index (χ2v) is 2.86. The highest BCUT2D eigenvalue weighted by atomic mass is 35.5. The van der Waals surface area contributed by atoms with Gasteiger partial charge >= 0.3 is 0 Å². The minimum absolute atomic E-state index is 0.0599. The minimum atomic E-state index is -0.503. The number of hydrogen-bond acceptors (Lipinski definition) is 3. The van der Waals surface area contributed by atoms with Crippen molar-refractivity contribution < 1.29 is 4.92 Å². The van der Waals surface area contributed by atoms with Crippen LogP contribution in [-0.4, -0.2) is 11.5 Å². The van der Waals surface area contributed by atoms with Gasteiger partial charge in [-0.15, -0.1) is 0 Å². The third-order valence-electron chi connectivity index (χ3n) is 1.48. The Kier molecular flexibility index (Phi) is 3.46. The first-order valence-electron chi connectivity index (χ1n) is 3.78. The summed E-state index contributed by atoms with van der Waals surface area (Å²) in [4.78, 5) is 10.1. The normalized spacial score (nSPS) is 9.00.